The van der Waals surface area contributed by atoms with Gasteiger partial charge in [0.25, 0.3) is 0 Å². The Kier molecular flexibility index (Phi) is 3.16. The van der Waals surface area contributed by atoms with Crippen LogP contribution < -0.4 is 10.5 Å². The van der Waals surface area contributed by atoms with Crippen LogP contribution in [-0.2, 0) is 4.79 Å². The molecule has 1 rings (SSSR count). The number of aliphatic carboxylic acids is 1. The molecule has 0 fully saturated rings. The molecule has 15 heavy (non-hydrogen) atoms. The summed E-state index contributed by atoms with van der Waals surface area (Å²) in [6.45, 7) is 1.65. The van der Waals surface area contributed by atoms with Crippen molar-refractivity contribution in [2.75, 3.05) is 7.11 Å². The average Bonchev–Trinajstić information content (AvgIpc) is 2.20. The van der Waals surface area contributed by atoms with Crippen molar-refractivity contribution in [3.63, 3.8) is 0 Å². The van der Waals surface area contributed by atoms with Gasteiger partial charge in [0.2, 0.25) is 0 Å². The summed E-state index contributed by atoms with van der Waals surface area (Å²) in [5, 5.41) is 18.4. The molecule has 1 atom stereocenters. The number of rotatable bonds is 3. The molecule has 0 aliphatic carbocycles. The summed E-state index contributed by atoms with van der Waals surface area (Å²) in [6.07, 6.45) is 0. The molecular weight excluding hydrogens is 198 g/mol. The molecule has 0 radical (unpaired) electrons. The van der Waals surface area contributed by atoms with E-state index in [9.17, 15) is 9.90 Å². The van der Waals surface area contributed by atoms with E-state index in [1.807, 2.05) is 0 Å². The first-order valence-corrected chi connectivity index (χ1v) is 4.33. The molecule has 5 nitrogen and oxygen atoms in total. The zero-order chi connectivity index (χ0) is 11.6. The predicted octanol–water partition coefficient (Wildman–Crippen LogP) is 0.794. The number of ether oxygens (including phenoxy) is 1. The van der Waals surface area contributed by atoms with Gasteiger partial charge in [-0.15, -0.1) is 0 Å². The third kappa shape index (κ3) is 2.19. The first kappa shape index (κ1) is 11.3. The van der Waals surface area contributed by atoms with E-state index in [-0.39, 0.29) is 11.3 Å². The minimum Gasteiger partial charge on any atom is -0.507 e. The second kappa shape index (κ2) is 4.18. The lowest BCUT2D eigenvalue weighted by molar-refractivity contribution is -0.138. The van der Waals surface area contributed by atoms with Crippen LogP contribution >= 0.6 is 0 Å². The molecule has 0 saturated heterocycles. The minimum absolute atomic E-state index is 0.106. The fourth-order valence-corrected chi connectivity index (χ4v) is 1.26. The highest BCUT2D eigenvalue weighted by atomic mass is 16.5. The topological polar surface area (TPSA) is 92.8 Å². The second-order valence-electron chi connectivity index (χ2n) is 3.20. The molecule has 4 N–H and O–H groups in total. The Balaban J connectivity index is 3.27. The quantitative estimate of drug-likeness (QED) is 0.687. The van der Waals surface area contributed by atoms with Gasteiger partial charge in [-0.05, 0) is 24.6 Å². The summed E-state index contributed by atoms with van der Waals surface area (Å²) in [5.41, 5.74) is 6.10. The molecule has 1 unspecified atom stereocenters. The Morgan fingerprint density at radius 3 is 2.60 bits per heavy atom. The van der Waals surface area contributed by atoms with E-state index in [1.54, 1.807) is 13.0 Å². The lowest BCUT2D eigenvalue weighted by Crippen LogP contribution is -2.21. The Morgan fingerprint density at radius 2 is 2.13 bits per heavy atom. The summed E-state index contributed by atoms with van der Waals surface area (Å²) >= 11 is 0. The van der Waals surface area contributed by atoms with Crippen LogP contribution in [0.5, 0.6) is 11.5 Å². The number of carboxylic acids is 1. The van der Waals surface area contributed by atoms with Gasteiger partial charge in [0, 0.05) is 5.56 Å². The SMILES string of the molecule is COc1cc(C)c(O)c(C(N)C(=O)O)c1. The normalized spacial score (nSPS) is 12.2. The van der Waals surface area contributed by atoms with Crippen molar-refractivity contribution >= 4 is 5.97 Å². The van der Waals surface area contributed by atoms with Gasteiger partial charge in [-0.3, -0.25) is 4.79 Å². The number of methoxy groups -OCH3 is 1. The van der Waals surface area contributed by atoms with E-state index < -0.39 is 12.0 Å². The summed E-state index contributed by atoms with van der Waals surface area (Å²) in [5.74, 6) is -0.833. The largest absolute Gasteiger partial charge is 0.507 e. The van der Waals surface area contributed by atoms with Gasteiger partial charge in [0.05, 0.1) is 7.11 Å². The Morgan fingerprint density at radius 1 is 1.53 bits per heavy atom. The van der Waals surface area contributed by atoms with Crippen molar-refractivity contribution in [2.45, 2.75) is 13.0 Å². The maximum absolute atomic E-state index is 10.7. The molecule has 0 aliphatic rings. The molecule has 0 spiro atoms. The standard InChI is InChI=1S/C10H13NO4/c1-5-3-6(15-2)4-7(9(5)12)8(11)10(13)14/h3-4,8,12H,11H2,1-2H3,(H,13,14). The summed E-state index contributed by atoms with van der Waals surface area (Å²) in [4.78, 5) is 10.7. The van der Waals surface area contributed by atoms with Gasteiger partial charge in [-0.2, -0.15) is 0 Å². The molecule has 0 amide bonds. The van der Waals surface area contributed by atoms with Gasteiger partial charge in [-0.25, -0.2) is 0 Å². The van der Waals surface area contributed by atoms with E-state index in [2.05, 4.69) is 0 Å². The Hall–Kier alpha value is -1.75. The van der Waals surface area contributed by atoms with Crippen molar-refractivity contribution in [1.82, 2.24) is 0 Å². The molecule has 1 aromatic rings. The van der Waals surface area contributed by atoms with Crippen molar-refractivity contribution in [3.8, 4) is 11.5 Å². The minimum atomic E-state index is -1.25. The van der Waals surface area contributed by atoms with Crippen molar-refractivity contribution in [3.05, 3.63) is 23.3 Å². The molecule has 82 valence electrons. The summed E-state index contributed by atoms with van der Waals surface area (Å²) in [7, 11) is 1.46. The molecule has 0 aromatic heterocycles. The van der Waals surface area contributed by atoms with Crippen LogP contribution in [0, 0.1) is 6.92 Å². The average molecular weight is 211 g/mol. The van der Waals surface area contributed by atoms with Crippen molar-refractivity contribution in [1.29, 1.82) is 0 Å². The molecule has 0 saturated carbocycles. The van der Waals surface area contributed by atoms with Crippen LogP contribution in [0.3, 0.4) is 0 Å². The van der Waals surface area contributed by atoms with E-state index in [0.717, 1.165) is 0 Å². The zero-order valence-corrected chi connectivity index (χ0v) is 8.52. The number of carbonyl (C=O) groups is 1. The van der Waals surface area contributed by atoms with Gasteiger partial charge in [0.1, 0.15) is 17.5 Å². The molecule has 5 heteroatoms. The second-order valence-corrected chi connectivity index (χ2v) is 3.20. The lowest BCUT2D eigenvalue weighted by Gasteiger charge is -2.13. The van der Waals surface area contributed by atoms with E-state index in [1.165, 1.54) is 13.2 Å². The third-order valence-electron chi connectivity index (χ3n) is 2.14. The number of phenolic OH excluding ortho intramolecular Hbond substituents is 1. The van der Waals surface area contributed by atoms with E-state index >= 15 is 0 Å². The van der Waals surface area contributed by atoms with Crippen LogP contribution in [0.4, 0.5) is 0 Å². The third-order valence-corrected chi connectivity index (χ3v) is 2.14. The number of benzene rings is 1. The van der Waals surface area contributed by atoms with E-state index in [4.69, 9.17) is 15.6 Å². The summed E-state index contributed by atoms with van der Waals surface area (Å²) < 4.78 is 4.96. The number of nitrogens with two attached hydrogens (primary N) is 1. The van der Waals surface area contributed by atoms with Crippen molar-refractivity contribution in [2.24, 2.45) is 5.73 Å². The lowest BCUT2D eigenvalue weighted by atomic mass is 10.0. The van der Waals surface area contributed by atoms with Crippen LogP contribution in [0.2, 0.25) is 0 Å². The maximum atomic E-state index is 10.7. The predicted molar refractivity (Wildman–Crippen MR) is 54.0 cm³/mol. The molecule has 1 aromatic carbocycles. The van der Waals surface area contributed by atoms with Gasteiger partial charge in [0.15, 0.2) is 0 Å². The van der Waals surface area contributed by atoms with Gasteiger partial charge >= 0.3 is 5.97 Å². The van der Waals surface area contributed by atoms with Crippen LogP contribution in [0.15, 0.2) is 12.1 Å². The van der Waals surface area contributed by atoms with E-state index in [0.29, 0.717) is 11.3 Å². The fraction of sp³-hybridized carbons (Fsp3) is 0.300. The maximum Gasteiger partial charge on any atom is 0.325 e. The zero-order valence-electron chi connectivity index (χ0n) is 8.52. The molecular formula is C10H13NO4. The van der Waals surface area contributed by atoms with Crippen molar-refractivity contribution < 1.29 is 19.7 Å². The number of hydrogen-bond donors (Lipinski definition) is 3. The first-order valence-electron chi connectivity index (χ1n) is 4.33. The first-order chi connectivity index (χ1) is 6.97. The molecule has 0 heterocycles. The highest BCUT2D eigenvalue weighted by molar-refractivity contribution is 5.77. The van der Waals surface area contributed by atoms with Gasteiger partial charge in [-0.1, -0.05) is 0 Å². The number of phenols is 1. The van der Waals surface area contributed by atoms with Gasteiger partial charge < -0.3 is 20.7 Å². The number of hydrogen-bond acceptors (Lipinski definition) is 4. The van der Waals surface area contributed by atoms with Crippen LogP contribution in [0.1, 0.15) is 17.2 Å². The highest BCUT2D eigenvalue weighted by Gasteiger charge is 2.20. The Bertz CT molecular complexity index is 389. The number of aromatic hydroxyl groups is 1. The number of carboxylic acid groups (broad SMARTS) is 1. The monoisotopic (exact) mass is 211 g/mol. The number of aryl methyl sites for hydroxylation is 1. The fourth-order valence-electron chi connectivity index (χ4n) is 1.26. The highest BCUT2D eigenvalue weighted by Crippen LogP contribution is 2.31. The summed E-state index contributed by atoms with van der Waals surface area (Å²) in [6, 6.07) is 1.77. The molecule has 0 aliphatic heterocycles. The van der Waals surface area contributed by atoms with Crippen LogP contribution in [-0.4, -0.2) is 23.3 Å². The Labute approximate surface area is 87.1 Å². The van der Waals surface area contributed by atoms with Crippen LogP contribution in [0.25, 0.3) is 0 Å². The smallest absolute Gasteiger partial charge is 0.325 e. The molecule has 0 bridgehead atoms.